The highest BCUT2D eigenvalue weighted by Gasteiger charge is 2.32. The predicted molar refractivity (Wildman–Crippen MR) is 122 cm³/mol. The van der Waals surface area contributed by atoms with Crippen LogP contribution in [0, 0.1) is 6.92 Å². The first kappa shape index (κ1) is 24.2. The average molecular weight is 450 g/mol. The molecule has 10 heteroatoms. The number of fused-ring (bicyclic) bond motifs is 3. The minimum atomic E-state index is -0.574. The summed E-state index contributed by atoms with van der Waals surface area (Å²) in [6.07, 6.45) is -1.07. The van der Waals surface area contributed by atoms with Crippen molar-refractivity contribution in [3.05, 3.63) is 23.8 Å². The third-order valence-electron chi connectivity index (χ3n) is 5.66. The number of piperazine rings is 3. The molecule has 0 saturated carbocycles. The molecule has 0 radical (unpaired) electrons. The largest absolute Gasteiger partial charge is 0.448 e. The lowest BCUT2D eigenvalue weighted by Gasteiger charge is -2.47. The Balaban J connectivity index is 1.39. The molecule has 1 atom stereocenters. The predicted octanol–water partition coefficient (Wildman–Crippen LogP) is 1.67. The fraction of sp³-hybridized carbons (Fsp3) is 0.636. The van der Waals surface area contributed by atoms with E-state index in [9.17, 15) is 9.59 Å². The molecule has 0 aliphatic carbocycles. The summed E-state index contributed by atoms with van der Waals surface area (Å²) in [5, 5.41) is 5.44. The zero-order valence-corrected chi connectivity index (χ0v) is 19.3. The third-order valence-corrected chi connectivity index (χ3v) is 5.66. The number of benzene rings is 1. The molecule has 1 aromatic rings. The molecule has 3 fully saturated rings. The van der Waals surface area contributed by atoms with E-state index in [1.165, 1.54) is 0 Å². The lowest BCUT2D eigenvalue weighted by atomic mass is 10.1. The lowest BCUT2D eigenvalue weighted by molar-refractivity contribution is -0.0129. The van der Waals surface area contributed by atoms with E-state index in [-0.39, 0.29) is 12.6 Å². The summed E-state index contributed by atoms with van der Waals surface area (Å²) in [5.74, 6) is 0. The lowest BCUT2D eigenvalue weighted by Crippen LogP contribution is -2.62. The van der Waals surface area contributed by atoms with Gasteiger partial charge >= 0.3 is 12.2 Å². The van der Waals surface area contributed by atoms with E-state index >= 15 is 0 Å². The maximum atomic E-state index is 12.3. The SMILES string of the molecule is Cc1ccc(NC(=O)OCCOCCN(C)C)cc1NC(=O)OCC1CN2CCN1CC2. The Kier molecular flexibility index (Phi) is 9.10. The molecule has 2 amide bonds. The number of carbonyl (C=O) groups excluding carboxylic acids is 2. The maximum Gasteiger partial charge on any atom is 0.411 e. The van der Waals surface area contributed by atoms with Crippen molar-refractivity contribution in [3.63, 3.8) is 0 Å². The number of aryl methyl sites for hydroxylation is 1. The number of rotatable bonds is 10. The first-order chi connectivity index (χ1) is 15.4. The Bertz CT molecular complexity index is 767. The molecule has 3 saturated heterocycles. The van der Waals surface area contributed by atoms with E-state index in [1.54, 1.807) is 12.1 Å². The summed E-state index contributed by atoms with van der Waals surface area (Å²) in [5.41, 5.74) is 1.96. The van der Waals surface area contributed by atoms with Crippen LogP contribution in [0.2, 0.25) is 0 Å². The van der Waals surface area contributed by atoms with Gasteiger partial charge in [-0.05, 0) is 38.7 Å². The summed E-state index contributed by atoms with van der Waals surface area (Å²) >= 11 is 0. The maximum absolute atomic E-state index is 12.3. The number of carbonyl (C=O) groups is 2. The molecule has 3 aliphatic heterocycles. The zero-order valence-electron chi connectivity index (χ0n) is 19.3. The van der Waals surface area contributed by atoms with Crippen LogP contribution in [0.5, 0.6) is 0 Å². The molecule has 0 spiro atoms. The highest BCUT2D eigenvalue weighted by Crippen LogP contribution is 2.21. The van der Waals surface area contributed by atoms with Crippen molar-refractivity contribution in [2.75, 3.05) is 90.4 Å². The Labute approximate surface area is 189 Å². The van der Waals surface area contributed by atoms with Gasteiger partial charge in [-0.2, -0.15) is 0 Å². The number of nitrogens with one attached hydrogen (secondary N) is 2. The van der Waals surface area contributed by atoms with Gasteiger partial charge in [-0.3, -0.25) is 20.4 Å². The molecule has 1 unspecified atom stereocenters. The number of hydrogen-bond acceptors (Lipinski definition) is 8. The van der Waals surface area contributed by atoms with Gasteiger partial charge in [0.15, 0.2) is 0 Å². The van der Waals surface area contributed by atoms with Crippen LogP contribution < -0.4 is 10.6 Å². The van der Waals surface area contributed by atoms with Crippen LogP contribution in [0.3, 0.4) is 0 Å². The molecule has 0 aromatic heterocycles. The van der Waals surface area contributed by atoms with E-state index < -0.39 is 12.2 Å². The number of amides is 2. The highest BCUT2D eigenvalue weighted by molar-refractivity contribution is 5.89. The molecule has 4 rings (SSSR count). The van der Waals surface area contributed by atoms with Gasteiger partial charge in [0, 0.05) is 50.6 Å². The second kappa shape index (κ2) is 12.0. The Hall–Kier alpha value is -2.40. The van der Waals surface area contributed by atoms with Crippen molar-refractivity contribution in [2.24, 2.45) is 0 Å². The molecule has 2 N–H and O–H groups in total. The van der Waals surface area contributed by atoms with E-state index in [2.05, 4.69) is 20.4 Å². The van der Waals surface area contributed by atoms with Crippen molar-refractivity contribution in [3.8, 4) is 0 Å². The van der Waals surface area contributed by atoms with E-state index in [1.807, 2.05) is 32.0 Å². The monoisotopic (exact) mass is 449 g/mol. The minimum Gasteiger partial charge on any atom is -0.448 e. The summed E-state index contributed by atoms with van der Waals surface area (Å²) in [6.45, 7) is 9.31. The summed E-state index contributed by atoms with van der Waals surface area (Å²) in [4.78, 5) is 31.1. The van der Waals surface area contributed by atoms with Gasteiger partial charge in [0.25, 0.3) is 0 Å². The second-order valence-electron chi connectivity index (χ2n) is 8.42. The molecule has 10 nitrogen and oxygen atoms in total. The van der Waals surface area contributed by atoms with Crippen molar-refractivity contribution >= 4 is 23.6 Å². The second-order valence-corrected chi connectivity index (χ2v) is 8.42. The molecule has 178 valence electrons. The van der Waals surface area contributed by atoms with Gasteiger partial charge in [0.05, 0.1) is 19.3 Å². The van der Waals surface area contributed by atoms with Gasteiger partial charge in [-0.15, -0.1) is 0 Å². The van der Waals surface area contributed by atoms with Crippen LogP contribution in [0.1, 0.15) is 5.56 Å². The van der Waals surface area contributed by atoms with Gasteiger partial charge in [-0.1, -0.05) is 6.07 Å². The quantitative estimate of drug-likeness (QED) is 0.521. The number of anilines is 2. The summed E-state index contributed by atoms with van der Waals surface area (Å²) in [7, 11) is 3.93. The van der Waals surface area contributed by atoms with Crippen molar-refractivity contribution < 1.29 is 23.8 Å². The van der Waals surface area contributed by atoms with Crippen LogP contribution in [0.4, 0.5) is 21.0 Å². The van der Waals surface area contributed by atoms with Crippen molar-refractivity contribution in [1.82, 2.24) is 14.7 Å². The van der Waals surface area contributed by atoms with E-state index in [4.69, 9.17) is 14.2 Å². The summed E-state index contributed by atoms with van der Waals surface area (Å²) < 4.78 is 16.0. The van der Waals surface area contributed by atoms with Crippen LogP contribution in [0.25, 0.3) is 0 Å². The average Bonchev–Trinajstić information content (AvgIpc) is 2.77. The van der Waals surface area contributed by atoms with Gasteiger partial charge < -0.3 is 19.1 Å². The molecular weight excluding hydrogens is 414 g/mol. The molecule has 3 aliphatic rings. The Morgan fingerprint density at radius 2 is 1.78 bits per heavy atom. The van der Waals surface area contributed by atoms with Gasteiger partial charge in [0.1, 0.15) is 13.2 Å². The fourth-order valence-electron chi connectivity index (χ4n) is 3.73. The number of likely N-dealkylation sites (N-methyl/N-ethyl adjacent to an activating group) is 1. The third kappa shape index (κ3) is 7.63. The number of ether oxygens (including phenoxy) is 3. The molecule has 1 aromatic carbocycles. The van der Waals surface area contributed by atoms with Crippen molar-refractivity contribution in [1.29, 1.82) is 0 Å². The minimum absolute atomic E-state index is 0.165. The first-order valence-corrected chi connectivity index (χ1v) is 11.1. The van der Waals surface area contributed by atoms with Crippen LogP contribution in [0.15, 0.2) is 18.2 Å². The highest BCUT2D eigenvalue weighted by atomic mass is 16.6. The van der Waals surface area contributed by atoms with Gasteiger partial charge in [0.2, 0.25) is 0 Å². The van der Waals surface area contributed by atoms with Gasteiger partial charge in [-0.25, -0.2) is 9.59 Å². The normalized spacial score (nSPS) is 21.9. The molecule has 3 heterocycles. The Morgan fingerprint density at radius 3 is 2.47 bits per heavy atom. The van der Waals surface area contributed by atoms with Crippen LogP contribution in [-0.2, 0) is 14.2 Å². The topological polar surface area (TPSA) is 95.6 Å². The number of hydrogen-bond donors (Lipinski definition) is 2. The van der Waals surface area contributed by atoms with Crippen LogP contribution >= 0.6 is 0 Å². The molecule has 2 bridgehead atoms. The Morgan fingerprint density at radius 1 is 1.03 bits per heavy atom. The number of nitrogens with zero attached hydrogens (tertiary/aromatic N) is 3. The van der Waals surface area contributed by atoms with E-state index in [0.29, 0.717) is 31.2 Å². The summed E-state index contributed by atoms with van der Waals surface area (Å²) in [6, 6.07) is 5.50. The molecular formula is C22H35N5O5. The van der Waals surface area contributed by atoms with E-state index in [0.717, 1.165) is 44.8 Å². The smallest absolute Gasteiger partial charge is 0.411 e. The molecule has 32 heavy (non-hydrogen) atoms. The van der Waals surface area contributed by atoms with Crippen LogP contribution in [-0.4, -0.2) is 113 Å². The zero-order chi connectivity index (χ0) is 22.9. The standard InChI is InChI=1S/C22H35N5O5/c1-17-4-5-18(23-21(28)31-13-12-30-11-10-25(2)3)14-20(17)24-22(29)32-16-19-15-26-6-8-27(19)9-7-26/h4-5,14,19H,6-13,15-16H2,1-3H3,(H,23,28)(H,24,29). The fourth-order valence-corrected chi connectivity index (χ4v) is 3.73. The first-order valence-electron chi connectivity index (χ1n) is 11.1. The van der Waals surface area contributed by atoms with Crippen molar-refractivity contribution in [2.45, 2.75) is 13.0 Å².